The maximum atomic E-state index is 11.9. The molecule has 0 aromatic carbocycles. The number of nitrogens with one attached hydrogen (secondary N) is 2. The van der Waals surface area contributed by atoms with Crippen LogP contribution in [0.2, 0.25) is 0 Å². The minimum Gasteiger partial charge on any atom is -0.465 e. The van der Waals surface area contributed by atoms with E-state index in [2.05, 4.69) is 15.4 Å². The zero-order valence-corrected chi connectivity index (χ0v) is 11.1. The van der Waals surface area contributed by atoms with Crippen LogP contribution in [0.1, 0.15) is 20.8 Å². The van der Waals surface area contributed by atoms with Crippen LogP contribution >= 0.6 is 0 Å². The molecule has 0 aliphatic carbocycles. The molecule has 19 heavy (non-hydrogen) atoms. The number of nitrogens with zero attached hydrogens (tertiary/aromatic N) is 1. The largest absolute Gasteiger partial charge is 0.465 e. The number of piperazine rings is 1. The summed E-state index contributed by atoms with van der Waals surface area (Å²) in [6.45, 7) is 4.33. The minimum atomic E-state index is -1.16. The molecule has 1 aliphatic rings. The van der Waals surface area contributed by atoms with Crippen LogP contribution in [0.3, 0.4) is 0 Å². The molecule has 0 radical (unpaired) electrons. The standard InChI is InChI=1S/C11H17N3O5/c1-4-19-8(16)5-12-10(18)14-6-7(15)13-9(17)11(14,2)3/h4-6H2,1-3H3,(H,12,18)(H,13,15,17). The molecule has 1 saturated heterocycles. The molecule has 0 aromatic rings. The predicted octanol–water partition coefficient (Wildman–Crippen LogP) is -1.00. The third kappa shape index (κ3) is 3.43. The Morgan fingerprint density at radius 2 is 2.05 bits per heavy atom. The minimum absolute atomic E-state index is 0.213. The van der Waals surface area contributed by atoms with Crippen LogP contribution in [-0.4, -0.2) is 54.0 Å². The summed E-state index contributed by atoms with van der Waals surface area (Å²) >= 11 is 0. The number of ether oxygens (including phenoxy) is 1. The smallest absolute Gasteiger partial charge is 0.325 e. The van der Waals surface area contributed by atoms with E-state index in [0.29, 0.717) is 0 Å². The Morgan fingerprint density at radius 1 is 1.42 bits per heavy atom. The molecule has 8 nitrogen and oxygen atoms in total. The Bertz CT molecular complexity index is 419. The Kier molecular flexibility index (Phi) is 4.47. The van der Waals surface area contributed by atoms with Gasteiger partial charge in [-0.3, -0.25) is 19.7 Å². The number of rotatable bonds is 3. The number of carbonyl (C=O) groups excluding carboxylic acids is 4. The Hall–Kier alpha value is -2.12. The van der Waals surface area contributed by atoms with Gasteiger partial charge in [0.1, 0.15) is 18.6 Å². The van der Waals surface area contributed by atoms with Crippen molar-refractivity contribution in [2.24, 2.45) is 0 Å². The zero-order valence-electron chi connectivity index (χ0n) is 11.1. The van der Waals surface area contributed by atoms with E-state index in [-0.39, 0.29) is 19.7 Å². The average Bonchev–Trinajstić information content (AvgIpc) is 2.31. The van der Waals surface area contributed by atoms with E-state index in [1.807, 2.05) is 0 Å². The van der Waals surface area contributed by atoms with Crippen molar-refractivity contribution in [1.29, 1.82) is 0 Å². The monoisotopic (exact) mass is 271 g/mol. The van der Waals surface area contributed by atoms with Crippen LogP contribution in [0.25, 0.3) is 0 Å². The molecule has 1 aliphatic heterocycles. The molecule has 106 valence electrons. The number of carbonyl (C=O) groups is 4. The third-order valence-corrected chi connectivity index (χ3v) is 2.72. The second kappa shape index (κ2) is 5.68. The maximum absolute atomic E-state index is 11.9. The zero-order chi connectivity index (χ0) is 14.6. The van der Waals surface area contributed by atoms with E-state index in [1.54, 1.807) is 6.92 Å². The molecule has 1 heterocycles. The lowest BCUT2D eigenvalue weighted by Crippen LogP contribution is -2.67. The van der Waals surface area contributed by atoms with Crippen molar-refractivity contribution < 1.29 is 23.9 Å². The van der Waals surface area contributed by atoms with Gasteiger partial charge >= 0.3 is 12.0 Å². The molecular formula is C11H17N3O5. The first kappa shape index (κ1) is 14.9. The highest BCUT2D eigenvalue weighted by Gasteiger charge is 2.43. The van der Waals surface area contributed by atoms with Gasteiger partial charge in [-0.15, -0.1) is 0 Å². The lowest BCUT2D eigenvalue weighted by Gasteiger charge is -2.39. The number of hydrogen-bond acceptors (Lipinski definition) is 5. The van der Waals surface area contributed by atoms with Crippen molar-refractivity contribution in [1.82, 2.24) is 15.5 Å². The van der Waals surface area contributed by atoms with Gasteiger partial charge in [0, 0.05) is 0 Å². The van der Waals surface area contributed by atoms with Gasteiger partial charge in [0.05, 0.1) is 6.61 Å². The molecular weight excluding hydrogens is 254 g/mol. The fraction of sp³-hybridized carbons (Fsp3) is 0.636. The van der Waals surface area contributed by atoms with Crippen molar-refractivity contribution >= 4 is 23.8 Å². The molecule has 0 spiro atoms. The summed E-state index contributed by atoms with van der Waals surface area (Å²) < 4.78 is 4.66. The lowest BCUT2D eigenvalue weighted by molar-refractivity contribution is -0.142. The van der Waals surface area contributed by atoms with Gasteiger partial charge in [-0.05, 0) is 20.8 Å². The first-order valence-electron chi connectivity index (χ1n) is 5.84. The lowest BCUT2D eigenvalue weighted by atomic mass is 9.99. The third-order valence-electron chi connectivity index (χ3n) is 2.72. The number of urea groups is 1. The van der Waals surface area contributed by atoms with Gasteiger partial charge in [0.2, 0.25) is 5.91 Å². The quantitative estimate of drug-likeness (QED) is 0.506. The van der Waals surface area contributed by atoms with Gasteiger partial charge in [-0.25, -0.2) is 4.79 Å². The molecule has 0 aromatic heterocycles. The second-order valence-corrected chi connectivity index (χ2v) is 4.49. The van der Waals surface area contributed by atoms with Gasteiger partial charge in [-0.2, -0.15) is 0 Å². The van der Waals surface area contributed by atoms with Gasteiger partial charge < -0.3 is 15.0 Å². The van der Waals surface area contributed by atoms with Gasteiger partial charge in [0.25, 0.3) is 5.91 Å². The fourth-order valence-electron chi connectivity index (χ4n) is 1.56. The van der Waals surface area contributed by atoms with Crippen molar-refractivity contribution in [3.05, 3.63) is 0 Å². The Labute approximate surface area is 110 Å². The number of amides is 4. The van der Waals surface area contributed by atoms with E-state index in [9.17, 15) is 19.2 Å². The van der Waals surface area contributed by atoms with Crippen LogP contribution < -0.4 is 10.6 Å². The number of imide groups is 1. The Balaban J connectivity index is 2.66. The molecule has 0 bridgehead atoms. The summed E-state index contributed by atoms with van der Waals surface area (Å²) in [6.07, 6.45) is 0. The van der Waals surface area contributed by atoms with E-state index >= 15 is 0 Å². The molecule has 2 N–H and O–H groups in total. The first-order valence-corrected chi connectivity index (χ1v) is 5.84. The second-order valence-electron chi connectivity index (χ2n) is 4.49. The van der Waals surface area contributed by atoms with E-state index in [1.165, 1.54) is 13.8 Å². The van der Waals surface area contributed by atoms with Crippen molar-refractivity contribution in [2.45, 2.75) is 26.3 Å². The summed E-state index contributed by atoms with van der Waals surface area (Å²) in [5, 5.41) is 4.46. The van der Waals surface area contributed by atoms with Crippen molar-refractivity contribution in [3.8, 4) is 0 Å². The summed E-state index contributed by atoms with van der Waals surface area (Å²) in [5.74, 6) is -1.70. The van der Waals surface area contributed by atoms with E-state index in [4.69, 9.17) is 0 Å². The molecule has 0 unspecified atom stereocenters. The van der Waals surface area contributed by atoms with Crippen LogP contribution in [0.15, 0.2) is 0 Å². The van der Waals surface area contributed by atoms with Gasteiger partial charge in [-0.1, -0.05) is 0 Å². The highest BCUT2D eigenvalue weighted by Crippen LogP contribution is 2.17. The molecule has 0 saturated carbocycles. The molecule has 0 atom stereocenters. The molecule has 1 fully saturated rings. The SMILES string of the molecule is CCOC(=O)CNC(=O)N1CC(=O)NC(=O)C1(C)C. The van der Waals surface area contributed by atoms with Crippen LogP contribution in [0, 0.1) is 0 Å². The molecule has 8 heteroatoms. The summed E-state index contributed by atoms with van der Waals surface area (Å²) in [6, 6.07) is -0.666. The fourth-order valence-corrected chi connectivity index (χ4v) is 1.56. The van der Waals surface area contributed by atoms with Crippen LogP contribution in [0.5, 0.6) is 0 Å². The van der Waals surface area contributed by atoms with E-state index < -0.39 is 29.4 Å². The van der Waals surface area contributed by atoms with Crippen molar-refractivity contribution in [3.63, 3.8) is 0 Å². The molecule has 4 amide bonds. The Morgan fingerprint density at radius 3 is 2.63 bits per heavy atom. The summed E-state index contributed by atoms with van der Waals surface area (Å²) in [5.41, 5.74) is -1.16. The average molecular weight is 271 g/mol. The normalized spacial score (nSPS) is 17.7. The summed E-state index contributed by atoms with van der Waals surface area (Å²) in [4.78, 5) is 47.0. The topological polar surface area (TPSA) is 105 Å². The van der Waals surface area contributed by atoms with Crippen LogP contribution in [-0.2, 0) is 19.1 Å². The predicted molar refractivity (Wildman–Crippen MR) is 64.0 cm³/mol. The van der Waals surface area contributed by atoms with E-state index in [0.717, 1.165) is 4.90 Å². The highest BCUT2D eigenvalue weighted by molar-refractivity contribution is 6.06. The first-order chi connectivity index (χ1) is 8.78. The number of esters is 1. The maximum Gasteiger partial charge on any atom is 0.325 e. The highest BCUT2D eigenvalue weighted by atomic mass is 16.5. The van der Waals surface area contributed by atoms with Crippen molar-refractivity contribution in [2.75, 3.05) is 19.7 Å². The number of hydrogen-bond donors (Lipinski definition) is 2. The van der Waals surface area contributed by atoms with Crippen LogP contribution in [0.4, 0.5) is 4.79 Å². The summed E-state index contributed by atoms with van der Waals surface area (Å²) in [7, 11) is 0. The van der Waals surface area contributed by atoms with Gasteiger partial charge in [0.15, 0.2) is 0 Å². The molecule has 1 rings (SSSR count).